The summed E-state index contributed by atoms with van der Waals surface area (Å²) in [6.45, 7) is 7.79. The van der Waals surface area contributed by atoms with Crippen LogP contribution in [0.1, 0.15) is 44.6 Å². The Hall–Kier alpha value is -2.55. The minimum absolute atomic E-state index is 0.0636. The molecule has 2 aliphatic heterocycles. The molecule has 7 nitrogen and oxygen atoms in total. The Morgan fingerprint density at radius 1 is 1.06 bits per heavy atom. The molecular weight excluding hydrogens is 445 g/mol. The number of nitrogens with zero attached hydrogens (tertiary/aromatic N) is 1. The van der Waals surface area contributed by atoms with Gasteiger partial charge in [0.25, 0.3) is 0 Å². The highest BCUT2D eigenvalue weighted by molar-refractivity contribution is 6.49. The molecule has 0 saturated carbocycles. The summed E-state index contributed by atoms with van der Waals surface area (Å²) in [6.07, 6.45) is -0.670. The Labute approximate surface area is 199 Å². The molecule has 0 aromatic heterocycles. The lowest BCUT2D eigenvalue weighted by Gasteiger charge is -2.32. The summed E-state index contributed by atoms with van der Waals surface area (Å²) in [5, 5.41) is 0.471. The third kappa shape index (κ3) is 4.23. The molecule has 0 N–H and O–H groups in total. The number of carbonyl (C=O) groups is 2. The second kappa shape index (κ2) is 8.67. The highest BCUT2D eigenvalue weighted by Gasteiger charge is 2.61. The fourth-order valence-corrected chi connectivity index (χ4v) is 4.38. The van der Waals surface area contributed by atoms with E-state index >= 15 is 0 Å². The van der Waals surface area contributed by atoms with Crippen molar-refractivity contribution in [2.45, 2.75) is 57.4 Å². The van der Waals surface area contributed by atoms with Crippen molar-refractivity contribution in [3.8, 4) is 0 Å². The fourth-order valence-electron chi connectivity index (χ4n) is 4.20. The van der Waals surface area contributed by atoms with Crippen molar-refractivity contribution < 1.29 is 28.4 Å². The number of methoxy groups -OCH3 is 1. The van der Waals surface area contributed by atoms with Crippen LogP contribution in [-0.4, -0.2) is 43.5 Å². The van der Waals surface area contributed by atoms with E-state index in [9.17, 15) is 9.59 Å². The predicted octanol–water partition coefficient (Wildman–Crippen LogP) is 4.75. The maximum Gasteiger partial charge on any atom is 0.468 e. The van der Waals surface area contributed by atoms with Crippen LogP contribution in [0.3, 0.4) is 0 Å². The lowest BCUT2D eigenvalue weighted by molar-refractivity contribution is -0.142. The van der Waals surface area contributed by atoms with Gasteiger partial charge in [-0.2, -0.15) is 0 Å². The molecule has 0 spiro atoms. The monoisotopic (exact) mass is 471 g/mol. The van der Waals surface area contributed by atoms with Crippen molar-refractivity contribution in [2.24, 2.45) is 0 Å². The average Bonchev–Trinajstić information content (AvgIpc) is 3.21. The van der Waals surface area contributed by atoms with Gasteiger partial charge in [-0.05, 0) is 57.0 Å². The number of halogens is 1. The number of hydrogen-bond donors (Lipinski definition) is 0. The second-order valence-electron chi connectivity index (χ2n) is 9.23. The van der Waals surface area contributed by atoms with Crippen LogP contribution in [0.4, 0.5) is 10.5 Å². The van der Waals surface area contributed by atoms with E-state index in [1.807, 2.05) is 58.0 Å². The lowest BCUT2D eigenvalue weighted by atomic mass is 9.65. The van der Waals surface area contributed by atoms with Crippen LogP contribution in [0.25, 0.3) is 0 Å². The van der Waals surface area contributed by atoms with Crippen molar-refractivity contribution >= 4 is 36.5 Å². The van der Waals surface area contributed by atoms with Crippen LogP contribution in [0.15, 0.2) is 48.5 Å². The van der Waals surface area contributed by atoms with Crippen LogP contribution in [0, 0.1) is 0 Å². The molecule has 0 unspecified atom stereocenters. The van der Waals surface area contributed by atoms with Gasteiger partial charge in [-0.25, -0.2) is 9.59 Å². The smallest absolute Gasteiger partial charge is 0.467 e. The van der Waals surface area contributed by atoms with Crippen molar-refractivity contribution in [1.82, 2.24) is 0 Å². The molecule has 0 bridgehead atoms. The van der Waals surface area contributed by atoms with Crippen molar-refractivity contribution in [3.05, 3.63) is 64.7 Å². The maximum atomic E-state index is 13.3. The number of hydrogen-bond acceptors (Lipinski definition) is 6. The molecule has 1 fully saturated rings. The summed E-state index contributed by atoms with van der Waals surface area (Å²) in [6, 6.07) is 13.4. The van der Waals surface area contributed by atoms with Gasteiger partial charge in [0.05, 0.1) is 29.8 Å². The maximum absolute atomic E-state index is 13.3. The normalized spacial score (nSPS) is 22.7. The first-order valence-corrected chi connectivity index (χ1v) is 11.2. The zero-order valence-corrected chi connectivity index (χ0v) is 20.1. The number of benzene rings is 2. The minimum Gasteiger partial charge on any atom is -0.467 e. The Kier molecular flexibility index (Phi) is 6.20. The van der Waals surface area contributed by atoms with E-state index in [0.29, 0.717) is 16.3 Å². The zero-order chi connectivity index (χ0) is 24.0. The van der Waals surface area contributed by atoms with Crippen LogP contribution >= 0.6 is 11.6 Å². The van der Waals surface area contributed by atoms with Gasteiger partial charge in [0.1, 0.15) is 12.6 Å². The summed E-state index contributed by atoms with van der Waals surface area (Å²) in [5.74, 6) is -1.25. The summed E-state index contributed by atoms with van der Waals surface area (Å²) < 4.78 is 23.2. The van der Waals surface area contributed by atoms with Gasteiger partial charge < -0.3 is 18.8 Å². The van der Waals surface area contributed by atoms with Gasteiger partial charge in [-0.3, -0.25) is 4.90 Å². The number of ether oxygens (including phenoxy) is 2. The molecule has 1 saturated heterocycles. The first-order chi connectivity index (χ1) is 15.6. The van der Waals surface area contributed by atoms with Crippen LogP contribution < -0.4 is 4.90 Å². The van der Waals surface area contributed by atoms with E-state index in [0.717, 1.165) is 5.56 Å². The summed E-state index contributed by atoms with van der Waals surface area (Å²) >= 11 is 6.30. The standard InChI is InChI=1S/C24H27BClNO6/c1-23(2)24(3,4)33-25(32-23)19-17-13-16(26)11-12-18(17)27(20(19)21(28)30-5)22(29)31-14-15-9-7-6-8-10-15/h6-13,19-20H,14H2,1-5H3/t19-,20+/m0/s1. The number of rotatable bonds is 4. The van der Waals surface area contributed by atoms with Gasteiger partial charge in [0.2, 0.25) is 0 Å². The third-order valence-electron chi connectivity index (χ3n) is 6.64. The average molecular weight is 472 g/mol. The minimum atomic E-state index is -1.04. The highest BCUT2D eigenvalue weighted by Crippen LogP contribution is 2.49. The SMILES string of the molecule is COC(=O)[C@H]1[C@@H](B2OC(C)(C)C(C)(C)O2)c2cc(Cl)ccc2N1C(=O)OCc1ccccc1. The third-order valence-corrected chi connectivity index (χ3v) is 6.87. The van der Waals surface area contributed by atoms with Crippen LogP contribution in [-0.2, 0) is 30.2 Å². The molecule has 174 valence electrons. The van der Waals surface area contributed by atoms with Gasteiger partial charge in [-0.15, -0.1) is 0 Å². The lowest BCUT2D eigenvalue weighted by Crippen LogP contribution is -2.49. The van der Waals surface area contributed by atoms with Gasteiger partial charge in [0.15, 0.2) is 0 Å². The predicted molar refractivity (Wildman–Crippen MR) is 125 cm³/mol. The fraction of sp³-hybridized carbons (Fsp3) is 0.417. The first-order valence-electron chi connectivity index (χ1n) is 10.8. The number of anilines is 1. The quantitative estimate of drug-likeness (QED) is 0.473. The summed E-state index contributed by atoms with van der Waals surface area (Å²) in [7, 11) is 0.482. The molecule has 2 atom stereocenters. The van der Waals surface area contributed by atoms with E-state index in [2.05, 4.69) is 0 Å². The number of fused-ring (bicyclic) bond motifs is 1. The molecule has 2 aliphatic rings. The first kappa shape index (κ1) is 23.6. The van der Waals surface area contributed by atoms with E-state index in [1.165, 1.54) is 12.0 Å². The Morgan fingerprint density at radius 3 is 2.30 bits per heavy atom. The zero-order valence-electron chi connectivity index (χ0n) is 19.3. The summed E-state index contributed by atoms with van der Waals surface area (Å²) in [5.41, 5.74) is 0.746. The van der Waals surface area contributed by atoms with Crippen molar-refractivity contribution in [2.75, 3.05) is 12.0 Å². The topological polar surface area (TPSA) is 74.3 Å². The molecule has 2 aromatic rings. The summed E-state index contributed by atoms with van der Waals surface area (Å²) in [4.78, 5) is 27.6. The van der Waals surface area contributed by atoms with Crippen LogP contribution in [0.5, 0.6) is 0 Å². The van der Waals surface area contributed by atoms with E-state index in [-0.39, 0.29) is 6.61 Å². The Balaban J connectivity index is 1.72. The largest absolute Gasteiger partial charge is 0.468 e. The van der Waals surface area contributed by atoms with Gasteiger partial charge in [-0.1, -0.05) is 41.9 Å². The Morgan fingerprint density at radius 2 is 1.70 bits per heavy atom. The van der Waals surface area contributed by atoms with Crippen molar-refractivity contribution in [3.63, 3.8) is 0 Å². The molecule has 0 radical (unpaired) electrons. The molecule has 2 heterocycles. The van der Waals surface area contributed by atoms with E-state index in [4.69, 9.17) is 30.4 Å². The van der Waals surface area contributed by atoms with Crippen molar-refractivity contribution in [1.29, 1.82) is 0 Å². The van der Waals surface area contributed by atoms with E-state index < -0.39 is 42.2 Å². The van der Waals surface area contributed by atoms with Crippen LogP contribution in [0.2, 0.25) is 5.02 Å². The molecule has 0 aliphatic carbocycles. The molecule has 1 amide bonds. The van der Waals surface area contributed by atoms with E-state index in [1.54, 1.807) is 18.2 Å². The number of esters is 1. The molecule has 4 rings (SSSR count). The Bertz CT molecular complexity index is 1040. The van der Waals surface area contributed by atoms with Gasteiger partial charge >= 0.3 is 19.2 Å². The molecule has 2 aromatic carbocycles. The number of amides is 1. The highest BCUT2D eigenvalue weighted by atomic mass is 35.5. The molecular formula is C24H27BClNO6. The second-order valence-corrected chi connectivity index (χ2v) is 9.67. The van der Waals surface area contributed by atoms with Gasteiger partial charge in [0, 0.05) is 5.02 Å². The number of carbonyl (C=O) groups excluding carboxylic acids is 2. The molecule has 9 heteroatoms. The molecule has 33 heavy (non-hydrogen) atoms.